The van der Waals surface area contributed by atoms with Gasteiger partial charge in [0.1, 0.15) is 11.5 Å². The zero-order chi connectivity index (χ0) is 21.3. The lowest BCUT2D eigenvalue weighted by Gasteiger charge is -2.38. The highest BCUT2D eigenvalue weighted by atomic mass is 32.1. The summed E-state index contributed by atoms with van der Waals surface area (Å²) in [5.74, 6) is -1.12. The molecule has 1 aliphatic carbocycles. The van der Waals surface area contributed by atoms with Crippen molar-refractivity contribution in [2.24, 2.45) is 10.9 Å². The molecule has 1 saturated carbocycles. The van der Waals surface area contributed by atoms with Gasteiger partial charge in [-0.1, -0.05) is 25.1 Å². The fourth-order valence-electron chi connectivity index (χ4n) is 4.52. The number of esters is 1. The molecule has 2 aromatic rings. The van der Waals surface area contributed by atoms with E-state index in [2.05, 4.69) is 6.07 Å². The molecule has 2 aliphatic rings. The average molecular weight is 424 g/mol. The molecule has 1 aliphatic heterocycles. The number of carbonyl (C=O) groups is 2. The van der Waals surface area contributed by atoms with Gasteiger partial charge in [-0.15, -0.1) is 11.3 Å². The number of allylic oxidation sites excluding steroid dienone is 1. The number of fused-ring (bicyclic) bond motifs is 1. The SMILES string of the molecule is CCCOC(=O)C1=C(C)N=C2C[C@@H](c3cccs3)CC(=O)[C@@H]2[C@@H]1c1cccc(O)c1. The molecule has 1 aromatic carbocycles. The Hall–Kier alpha value is -2.73. The summed E-state index contributed by atoms with van der Waals surface area (Å²) in [4.78, 5) is 32.3. The predicted octanol–water partition coefficient (Wildman–Crippen LogP) is 4.98. The maximum absolute atomic E-state index is 13.4. The van der Waals surface area contributed by atoms with Crippen LogP contribution in [0.3, 0.4) is 0 Å². The zero-order valence-electron chi connectivity index (χ0n) is 17.1. The van der Waals surface area contributed by atoms with Crippen molar-refractivity contribution >= 4 is 28.8 Å². The first-order chi connectivity index (χ1) is 14.5. The summed E-state index contributed by atoms with van der Waals surface area (Å²) in [5, 5.41) is 12.1. The van der Waals surface area contributed by atoms with Gasteiger partial charge in [0.25, 0.3) is 0 Å². The van der Waals surface area contributed by atoms with E-state index in [0.29, 0.717) is 37.1 Å². The molecule has 1 aromatic heterocycles. The highest BCUT2D eigenvalue weighted by Crippen LogP contribution is 2.46. The molecule has 1 N–H and O–H groups in total. The van der Waals surface area contributed by atoms with Gasteiger partial charge >= 0.3 is 5.97 Å². The number of phenolic OH excluding ortho intramolecular Hbond substituents is 1. The highest BCUT2D eigenvalue weighted by Gasteiger charge is 2.46. The Bertz CT molecular complexity index is 1020. The van der Waals surface area contributed by atoms with E-state index in [-0.39, 0.29) is 17.5 Å². The third-order valence-electron chi connectivity index (χ3n) is 5.79. The number of hydrogen-bond acceptors (Lipinski definition) is 6. The second kappa shape index (κ2) is 8.56. The second-order valence-electron chi connectivity index (χ2n) is 7.88. The van der Waals surface area contributed by atoms with Crippen LogP contribution in [0.4, 0.5) is 0 Å². The Labute approximate surface area is 180 Å². The number of hydrogen-bond donors (Lipinski definition) is 1. The summed E-state index contributed by atoms with van der Waals surface area (Å²) in [6.07, 6.45) is 1.84. The molecular weight excluding hydrogens is 398 g/mol. The van der Waals surface area contributed by atoms with Crippen LogP contribution in [0, 0.1) is 5.92 Å². The van der Waals surface area contributed by atoms with Crippen LogP contribution in [0.1, 0.15) is 55.4 Å². The quantitative estimate of drug-likeness (QED) is 0.688. The predicted molar refractivity (Wildman–Crippen MR) is 117 cm³/mol. The maximum Gasteiger partial charge on any atom is 0.336 e. The Morgan fingerprint density at radius 1 is 1.23 bits per heavy atom. The van der Waals surface area contributed by atoms with E-state index in [1.54, 1.807) is 36.5 Å². The first-order valence-electron chi connectivity index (χ1n) is 10.3. The van der Waals surface area contributed by atoms with Gasteiger partial charge < -0.3 is 9.84 Å². The smallest absolute Gasteiger partial charge is 0.336 e. The number of Topliss-reactive ketones (excluding diaryl/α,β-unsaturated/α-hetero) is 1. The first-order valence-corrected chi connectivity index (χ1v) is 11.2. The normalized spacial score (nSPS) is 23.7. The molecular formula is C24H25NO4S. The van der Waals surface area contributed by atoms with Crippen molar-refractivity contribution < 1.29 is 19.4 Å². The fraction of sp³-hybridized carbons (Fsp3) is 0.375. The van der Waals surface area contributed by atoms with Crippen molar-refractivity contribution in [1.82, 2.24) is 0 Å². The van der Waals surface area contributed by atoms with Crippen molar-refractivity contribution in [3.8, 4) is 5.75 Å². The standard InChI is InChI=1S/C24H25NO4S/c1-3-9-29-24(28)21-14(2)25-18-12-16(20-8-5-10-30-20)13-19(27)23(18)22(21)15-6-4-7-17(26)11-15/h4-8,10-11,16,22-23,26H,3,9,12-13H2,1-2H3/t16-,22-,23-/m1/s1. The largest absolute Gasteiger partial charge is 0.508 e. The lowest BCUT2D eigenvalue weighted by atomic mass is 9.67. The molecule has 2 heterocycles. The molecule has 1 fully saturated rings. The molecule has 0 radical (unpaired) electrons. The van der Waals surface area contributed by atoms with E-state index in [4.69, 9.17) is 9.73 Å². The van der Waals surface area contributed by atoms with Crippen LogP contribution in [0.15, 0.2) is 58.0 Å². The van der Waals surface area contributed by atoms with E-state index >= 15 is 0 Å². The number of nitrogens with zero attached hydrogens (tertiary/aromatic N) is 1. The molecule has 0 spiro atoms. The highest BCUT2D eigenvalue weighted by molar-refractivity contribution is 7.10. The van der Waals surface area contributed by atoms with Crippen LogP contribution < -0.4 is 0 Å². The van der Waals surface area contributed by atoms with E-state index < -0.39 is 17.8 Å². The minimum absolute atomic E-state index is 0.0834. The van der Waals surface area contributed by atoms with Crippen molar-refractivity contribution in [3.05, 3.63) is 63.5 Å². The zero-order valence-corrected chi connectivity index (χ0v) is 17.9. The Balaban J connectivity index is 1.79. The van der Waals surface area contributed by atoms with E-state index in [0.717, 1.165) is 11.3 Å². The summed E-state index contributed by atoms with van der Waals surface area (Å²) in [7, 11) is 0. The van der Waals surface area contributed by atoms with E-state index in [1.165, 1.54) is 4.88 Å². The molecule has 30 heavy (non-hydrogen) atoms. The summed E-state index contributed by atoms with van der Waals surface area (Å²) >= 11 is 1.66. The van der Waals surface area contributed by atoms with E-state index in [1.807, 2.05) is 24.4 Å². The Morgan fingerprint density at radius 3 is 2.77 bits per heavy atom. The number of carbonyl (C=O) groups excluding carboxylic acids is 2. The van der Waals surface area contributed by atoms with Gasteiger partial charge in [0.2, 0.25) is 0 Å². The van der Waals surface area contributed by atoms with Crippen molar-refractivity contribution in [2.75, 3.05) is 6.61 Å². The van der Waals surface area contributed by atoms with Crippen LogP contribution in [0.2, 0.25) is 0 Å². The number of rotatable bonds is 5. The molecule has 4 rings (SSSR count). The molecule has 0 amide bonds. The number of ether oxygens (including phenoxy) is 1. The van der Waals surface area contributed by atoms with E-state index in [9.17, 15) is 14.7 Å². The Kier molecular flexibility index (Phi) is 5.86. The summed E-state index contributed by atoms with van der Waals surface area (Å²) in [6, 6.07) is 10.9. The molecule has 0 saturated heterocycles. The van der Waals surface area contributed by atoms with Crippen LogP contribution in [0.5, 0.6) is 5.75 Å². The van der Waals surface area contributed by atoms with Gasteiger partial charge in [0.05, 0.1) is 18.1 Å². The minimum atomic E-state index is -0.504. The van der Waals surface area contributed by atoms with Crippen molar-refractivity contribution in [2.45, 2.75) is 44.9 Å². The molecule has 6 heteroatoms. The minimum Gasteiger partial charge on any atom is -0.508 e. The van der Waals surface area contributed by atoms with Gasteiger partial charge in [0, 0.05) is 34.5 Å². The molecule has 5 nitrogen and oxygen atoms in total. The number of thiophene rings is 1. The Morgan fingerprint density at radius 2 is 2.07 bits per heavy atom. The summed E-state index contributed by atoms with van der Waals surface area (Å²) in [5.41, 5.74) is 2.57. The molecule has 156 valence electrons. The third-order valence-corrected chi connectivity index (χ3v) is 6.82. The molecule has 0 bridgehead atoms. The lowest BCUT2D eigenvalue weighted by molar-refractivity contribution is -0.139. The molecule has 0 unspecified atom stereocenters. The monoisotopic (exact) mass is 423 g/mol. The van der Waals surface area contributed by atoms with Crippen LogP contribution in [-0.2, 0) is 14.3 Å². The second-order valence-corrected chi connectivity index (χ2v) is 8.85. The number of aliphatic imine (C=N–C) groups is 1. The summed E-state index contributed by atoms with van der Waals surface area (Å²) < 4.78 is 5.44. The lowest BCUT2D eigenvalue weighted by Crippen LogP contribution is -2.41. The maximum atomic E-state index is 13.4. The van der Waals surface area contributed by atoms with Crippen molar-refractivity contribution in [3.63, 3.8) is 0 Å². The number of phenols is 1. The average Bonchev–Trinajstić information content (AvgIpc) is 3.25. The number of aromatic hydroxyl groups is 1. The van der Waals surface area contributed by atoms with Gasteiger partial charge in [-0.05, 0) is 48.9 Å². The molecule has 3 atom stereocenters. The number of benzene rings is 1. The van der Waals surface area contributed by atoms with Crippen LogP contribution >= 0.6 is 11.3 Å². The first kappa shape index (κ1) is 20.5. The van der Waals surface area contributed by atoms with Crippen LogP contribution in [-0.4, -0.2) is 29.2 Å². The van der Waals surface area contributed by atoms with Gasteiger partial charge in [0.15, 0.2) is 0 Å². The van der Waals surface area contributed by atoms with Gasteiger partial charge in [-0.2, -0.15) is 0 Å². The van der Waals surface area contributed by atoms with Crippen LogP contribution in [0.25, 0.3) is 0 Å². The third kappa shape index (κ3) is 3.84. The number of ketones is 1. The topological polar surface area (TPSA) is 76.0 Å². The van der Waals surface area contributed by atoms with Crippen molar-refractivity contribution in [1.29, 1.82) is 0 Å². The fourth-order valence-corrected chi connectivity index (χ4v) is 5.35. The summed E-state index contributed by atoms with van der Waals surface area (Å²) in [6.45, 7) is 4.06. The van der Waals surface area contributed by atoms with Gasteiger partial charge in [-0.25, -0.2) is 4.79 Å². The van der Waals surface area contributed by atoms with Gasteiger partial charge in [-0.3, -0.25) is 9.79 Å².